The molecule has 0 unspecified atom stereocenters. The van der Waals surface area contributed by atoms with Crippen molar-refractivity contribution in [2.24, 2.45) is 0 Å². The van der Waals surface area contributed by atoms with E-state index in [1.165, 1.54) is 11.1 Å². The van der Waals surface area contributed by atoms with Gasteiger partial charge in [-0.05, 0) is 24.3 Å². The smallest absolute Gasteiger partial charge is 0.268 e. The first-order chi connectivity index (χ1) is 15.6. The average Bonchev–Trinajstić information content (AvgIpc) is 2.81. The van der Waals surface area contributed by atoms with E-state index in [4.69, 9.17) is 27.9 Å². The Morgan fingerprint density at radius 3 is 2.53 bits per heavy atom. The average molecular weight is 472 g/mol. The lowest BCUT2D eigenvalue weighted by Crippen LogP contribution is -2.43. The summed E-state index contributed by atoms with van der Waals surface area (Å²) in [5, 5.41) is 7.09. The molecular formula is C21H19Cl2N7O2. The van der Waals surface area contributed by atoms with Crippen LogP contribution in [0.3, 0.4) is 0 Å². The zero-order chi connectivity index (χ0) is 22.1. The quantitative estimate of drug-likeness (QED) is 0.597. The second kappa shape index (κ2) is 8.78. The number of ether oxygens (including phenoxy) is 1. The van der Waals surface area contributed by atoms with Gasteiger partial charge in [0.2, 0.25) is 11.8 Å². The molecule has 2 aliphatic rings. The summed E-state index contributed by atoms with van der Waals surface area (Å²) in [6, 6.07) is 8.91. The van der Waals surface area contributed by atoms with Crippen LogP contribution in [-0.2, 0) is 0 Å². The highest BCUT2D eigenvalue weighted by Crippen LogP contribution is 2.37. The Labute approximate surface area is 194 Å². The van der Waals surface area contributed by atoms with Crippen LogP contribution in [-0.4, -0.2) is 53.8 Å². The van der Waals surface area contributed by atoms with Gasteiger partial charge in [-0.15, -0.1) is 0 Å². The number of pyridine rings is 1. The van der Waals surface area contributed by atoms with Crippen LogP contribution < -0.4 is 25.2 Å². The minimum atomic E-state index is -0.341. The number of nitrogens with zero attached hydrogens (tertiary/aromatic N) is 5. The molecule has 164 valence electrons. The first kappa shape index (κ1) is 20.7. The standard InChI is InChI=1S/C21H19Cl2N7O2/c22-15-2-1-3-16(23)18(15)30-12-32-19-14(20(30)31)11-26-21(28-19)27-17-5-4-13(10-25-17)29-8-6-24-7-9-29/h1-5,10-11,24H,6-9,12H2,(H,25,26,27,28). The van der Waals surface area contributed by atoms with Crippen molar-refractivity contribution in [3.05, 3.63) is 58.3 Å². The number of carbonyl (C=O) groups excluding carboxylic acids is 1. The summed E-state index contributed by atoms with van der Waals surface area (Å²) >= 11 is 12.5. The number of carbonyl (C=O) groups is 1. The fourth-order valence-corrected chi connectivity index (χ4v) is 4.21. The van der Waals surface area contributed by atoms with Gasteiger partial charge < -0.3 is 20.3 Å². The van der Waals surface area contributed by atoms with Crippen molar-refractivity contribution in [2.75, 3.05) is 48.0 Å². The maximum absolute atomic E-state index is 13.0. The van der Waals surface area contributed by atoms with Crippen molar-refractivity contribution in [3.63, 3.8) is 0 Å². The monoisotopic (exact) mass is 471 g/mol. The van der Waals surface area contributed by atoms with E-state index in [0.717, 1.165) is 31.9 Å². The van der Waals surface area contributed by atoms with Crippen LogP contribution in [0.15, 0.2) is 42.7 Å². The molecular weight excluding hydrogens is 453 g/mol. The van der Waals surface area contributed by atoms with Gasteiger partial charge in [0, 0.05) is 32.4 Å². The Hall–Kier alpha value is -3.14. The number of amides is 1. The van der Waals surface area contributed by atoms with Gasteiger partial charge in [0.15, 0.2) is 6.73 Å². The van der Waals surface area contributed by atoms with Gasteiger partial charge >= 0.3 is 0 Å². The largest absolute Gasteiger partial charge is 0.455 e. The molecule has 0 radical (unpaired) electrons. The minimum absolute atomic E-state index is 0.0661. The van der Waals surface area contributed by atoms with Gasteiger partial charge in [0.25, 0.3) is 5.91 Å². The lowest BCUT2D eigenvalue weighted by molar-refractivity contribution is 0.0932. The van der Waals surface area contributed by atoms with Crippen molar-refractivity contribution >= 4 is 52.3 Å². The molecule has 2 aliphatic heterocycles. The highest BCUT2D eigenvalue weighted by atomic mass is 35.5. The Balaban J connectivity index is 1.32. The third-order valence-corrected chi connectivity index (χ3v) is 5.85. The number of benzene rings is 1. The van der Waals surface area contributed by atoms with Crippen LogP contribution in [0.4, 0.5) is 23.1 Å². The van der Waals surface area contributed by atoms with Crippen LogP contribution in [0, 0.1) is 0 Å². The summed E-state index contributed by atoms with van der Waals surface area (Å²) in [6.07, 6.45) is 3.23. The summed E-state index contributed by atoms with van der Waals surface area (Å²) in [4.78, 5) is 29.6. The molecule has 0 aliphatic carbocycles. The first-order valence-corrected chi connectivity index (χ1v) is 10.8. The Kier molecular flexibility index (Phi) is 5.69. The number of aromatic nitrogens is 3. The SMILES string of the molecule is O=C1c2cnc(Nc3ccc(N4CCNCC4)cn3)nc2OCN1c1c(Cl)cccc1Cl. The van der Waals surface area contributed by atoms with E-state index in [2.05, 4.69) is 30.5 Å². The summed E-state index contributed by atoms with van der Waals surface area (Å²) in [5.74, 6) is 0.717. The van der Waals surface area contributed by atoms with Crippen molar-refractivity contribution < 1.29 is 9.53 Å². The molecule has 1 amide bonds. The number of para-hydroxylation sites is 1. The number of anilines is 4. The maximum atomic E-state index is 13.0. The Bertz CT molecular complexity index is 1130. The van der Waals surface area contributed by atoms with E-state index in [9.17, 15) is 4.79 Å². The summed E-state index contributed by atoms with van der Waals surface area (Å²) in [6.45, 7) is 3.75. The molecule has 5 rings (SSSR count). The highest BCUT2D eigenvalue weighted by molar-refractivity contribution is 6.40. The molecule has 0 bridgehead atoms. The van der Waals surface area contributed by atoms with Gasteiger partial charge in [-0.3, -0.25) is 9.69 Å². The molecule has 2 N–H and O–H groups in total. The zero-order valence-corrected chi connectivity index (χ0v) is 18.4. The molecule has 0 saturated carbocycles. The minimum Gasteiger partial charge on any atom is -0.455 e. The van der Waals surface area contributed by atoms with E-state index in [0.29, 0.717) is 21.6 Å². The molecule has 1 fully saturated rings. The molecule has 0 atom stereocenters. The number of piperazine rings is 1. The summed E-state index contributed by atoms with van der Waals surface area (Å²) < 4.78 is 5.71. The topological polar surface area (TPSA) is 95.5 Å². The van der Waals surface area contributed by atoms with Crippen molar-refractivity contribution in [1.82, 2.24) is 20.3 Å². The number of nitrogens with one attached hydrogen (secondary N) is 2. The number of halogens is 2. The molecule has 2 aromatic heterocycles. The zero-order valence-electron chi connectivity index (χ0n) is 16.9. The molecule has 1 aromatic carbocycles. The number of fused-ring (bicyclic) bond motifs is 1. The second-order valence-corrected chi connectivity index (χ2v) is 8.07. The molecule has 4 heterocycles. The third kappa shape index (κ3) is 4.02. The van der Waals surface area contributed by atoms with Gasteiger partial charge in [-0.1, -0.05) is 29.3 Å². The van der Waals surface area contributed by atoms with Crippen LogP contribution in [0.2, 0.25) is 10.0 Å². The third-order valence-electron chi connectivity index (χ3n) is 5.24. The highest BCUT2D eigenvalue weighted by Gasteiger charge is 2.31. The van der Waals surface area contributed by atoms with Gasteiger partial charge in [-0.2, -0.15) is 4.98 Å². The van der Waals surface area contributed by atoms with E-state index in [1.807, 2.05) is 18.3 Å². The predicted molar refractivity (Wildman–Crippen MR) is 123 cm³/mol. The fraction of sp³-hybridized carbons (Fsp3) is 0.238. The Morgan fingerprint density at radius 2 is 1.81 bits per heavy atom. The molecule has 32 heavy (non-hydrogen) atoms. The predicted octanol–water partition coefficient (Wildman–Crippen LogP) is 3.33. The molecule has 0 spiro atoms. The van der Waals surface area contributed by atoms with Crippen LogP contribution in [0.25, 0.3) is 0 Å². The van der Waals surface area contributed by atoms with Crippen molar-refractivity contribution in [3.8, 4) is 5.88 Å². The fourth-order valence-electron chi connectivity index (χ4n) is 3.61. The van der Waals surface area contributed by atoms with E-state index < -0.39 is 0 Å². The van der Waals surface area contributed by atoms with E-state index in [1.54, 1.807) is 18.2 Å². The van der Waals surface area contributed by atoms with Crippen molar-refractivity contribution in [2.45, 2.75) is 0 Å². The Morgan fingerprint density at radius 1 is 1.03 bits per heavy atom. The summed E-state index contributed by atoms with van der Waals surface area (Å²) in [7, 11) is 0. The normalized spacial score (nSPS) is 15.9. The summed E-state index contributed by atoms with van der Waals surface area (Å²) in [5.41, 5.74) is 1.68. The maximum Gasteiger partial charge on any atom is 0.268 e. The lowest BCUT2D eigenvalue weighted by atomic mass is 10.2. The number of rotatable bonds is 4. The van der Waals surface area contributed by atoms with Crippen LogP contribution >= 0.6 is 23.2 Å². The molecule has 1 saturated heterocycles. The van der Waals surface area contributed by atoms with Gasteiger partial charge in [-0.25, -0.2) is 9.97 Å². The van der Waals surface area contributed by atoms with Gasteiger partial charge in [0.1, 0.15) is 11.4 Å². The second-order valence-electron chi connectivity index (χ2n) is 7.25. The molecule has 11 heteroatoms. The lowest BCUT2D eigenvalue weighted by Gasteiger charge is -2.29. The van der Waals surface area contributed by atoms with E-state index >= 15 is 0 Å². The van der Waals surface area contributed by atoms with Crippen LogP contribution in [0.1, 0.15) is 10.4 Å². The first-order valence-electron chi connectivity index (χ1n) is 10.0. The molecule has 3 aromatic rings. The number of hydrogen-bond acceptors (Lipinski definition) is 8. The molecule has 9 nitrogen and oxygen atoms in total. The van der Waals surface area contributed by atoms with Gasteiger partial charge in [0.05, 0.1) is 27.6 Å². The van der Waals surface area contributed by atoms with Crippen molar-refractivity contribution in [1.29, 1.82) is 0 Å². The van der Waals surface area contributed by atoms with E-state index in [-0.39, 0.29) is 30.0 Å². The number of hydrogen-bond donors (Lipinski definition) is 2. The van der Waals surface area contributed by atoms with Crippen LogP contribution in [0.5, 0.6) is 5.88 Å².